The van der Waals surface area contributed by atoms with Gasteiger partial charge in [0.25, 0.3) is 17.7 Å². The van der Waals surface area contributed by atoms with Crippen LogP contribution in [-0.2, 0) is 9.59 Å². The highest BCUT2D eigenvalue weighted by Gasteiger charge is 2.39. The van der Waals surface area contributed by atoms with E-state index in [0.29, 0.717) is 16.9 Å². The molecule has 32 heavy (non-hydrogen) atoms. The first-order chi connectivity index (χ1) is 15.4. The normalized spacial score (nSPS) is 17.1. The molecule has 2 aliphatic heterocycles. The topological polar surface area (TPSA) is 69.7 Å². The fourth-order valence-electron chi connectivity index (χ4n) is 4.22. The average molecular weight is 452 g/mol. The molecule has 2 aromatic carbocycles. The quantitative estimate of drug-likeness (QED) is 0.680. The molecule has 0 saturated carbocycles. The molecule has 1 fully saturated rings. The maximum absolute atomic E-state index is 13.1. The van der Waals surface area contributed by atoms with Gasteiger partial charge in [-0.05, 0) is 56.5 Å². The van der Waals surface area contributed by atoms with E-state index in [0.717, 1.165) is 54.8 Å². The molecule has 1 N–H and O–H groups in total. The number of aryl methyl sites for hydroxylation is 2. The van der Waals surface area contributed by atoms with Gasteiger partial charge in [-0.3, -0.25) is 14.4 Å². The first kappa shape index (κ1) is 22.1. The van der Waals surface area contributed by atoms with Gasteiger partial charge in [0.2, 0.25) is 0 Å². The summed E-state index contributed by atoms with van der Waals surface area (Å²) in [5.41, 5.74) is 3.43. The number of carbonyl (C=O) groups is 3. The number of nitrogens with one attached hydrogen (secondary N) is 1. The van der Waals surface area contributed by atoms with E-state index >= 15 is 0 Å². The Bertz CT molecular complexity index is 1120. The maximum Gasteiger partial charge on any atom is 0.283 e. The highest BCUT2D eigenvalue weighted by Crippen LogP contribution is 2.32. The predicted octanol–water partition coefficient (Wildman–Crippen LogP) is 4.76. The molecular formula is C25H26ClN3O3. The van der Waals surface area contributed by atoms with Gasteiger partial charge in [-0.2, -0.15) is 0 Å². The summed E-state index contributed by atoms with van der Waals surface area (Å²) in [7, 11) is 0. The van der Waals surface area contributed by atoms with E-state index in [4.69, 9.17) is 11.6 Å². The minimum Gasteiger partial charge on any atom is -0.350 e. The summed E-state index contributed by atoms with van der Waals surface area (Å²) in [5.74, 6) is -1.11. The van der Waals surface area contributed by atoms with Gasteiger partial charge >= 0.3 is 0 Å². The van der Waals surface area contributed by atoms with Crippen molar-refractivity contribution in [1.82, 2.24) is 4.90 Å². The molecule has 2 aromatic rings. The van der Waals surface area contributed by atoms with Crippen molar-refractivity contribution in [2.24, 2.45) is 0 Å². The fraction of sp³-hybridized carbons (Fsp3) is 0.320. The number of benzene rings is 2. The van der Waals surface area contributed by atoms with Crippen LogP contribution in [0.4, 0.5) is 11.4 Å². The van der Waals surface area contributed by atoms with Crippen LogP contribution in [0.1, 0.15) is 47.2 Å². The number of anilines is 2. The van der Waals surface area contributed by atoms with Crippen LogP contribution in [0.25, 0.3) is 0 Å². The van der Waals surface area contributed by atoms with Crippen LogP contribution in [0.3, 0.4) is 0 Å². The van der Waals surface area contributed by atoms with Crippen LogP contribution >= 0.6 is 11.6 Å². The Morgan fingerprint density at radius 3 is 2.34 bits per heavy atom. The monoisotopic (exact) mass is 451 g/mol. The van der Waals surface area contributed by atoms with Gasteiger partial charge in [0, 0.05) is 24.3 Å². The number of halogens is 1. The van der Waals surface area contributed by atoms with Crippen LogP contribution in [0.5, 0.6) is 0 Å². The number of amides is 3. The van der Waals surface area contributed by atoms with Crippen molar-refractivity contribution < 1.29 is 14.4 Å². The zero-order chi connectivity index (χ0) is 22.8. The third kappa shape index (κ3) is 4.28. The number of rotatable bonds is 4. The first-order valence-corrected chi connectivity index (χ1v) is 11.3. The molecule has 0 radical (unpaired) electrons. The van der Waals surface area contributed by atoms with Gasteiger partial charge in [0.15, 0.2) is 0 Å². The van der Waals surface area contributed by atoms with E-state index in [2.05, 4.69) is 5.32 Å². The molecule has 166 valence electrons. The molecule has 0 unspecified atom stereocenters. The Labute approximate surface area is 192 Å². The number of hydrogen-bond donors (Lipinski definition) is 1. The number of likely N-dealkylation sites (tertiary alicyclic amines) is 1. The van der Waals surface area contributed by atoms with E-state index in [1.165, 1.54) is 0 Å². The number of hydrogen-bond acceptors (Lipinski definition) is 4. The lowest BCUT2D eigenvalue weighted by molar-refractivity contribution is -0.120. The van der Waals surface area contributed by atoms with Crippen molar-refractivity contribution in [3.05, 3.63) is 69.9 Å². The van der Waals surface area contributed by atoms with E-state index in [9.17, 15) is 14.4 Å². The molecule has 4 rings (SSSR count). The summed E-state index contributed by atoms with van der Waals surface area (Å²) < 4.78 is 0. The molecule has 2 aliphatic rings. The second kappa shape index (κ2) is 9.17. The Hall–Kier alpha value is -3.12. The molecule has 0 atom stereocenters. The molecule has 0 aliphatic carbocycles. The summed E-state index contributed by atoms with van der Waals surface area (Å²) in [5, 5.41) is 2.81. The molecule has 2 heterocycles. The zero-order valence-corrected chi connectivity index (χ0v) is 19.0. The first-order valence-electron chi connectivity index (χ1n) is 10.9. The highest BCUT2D eigenvalue weighted by molar-refractivity contribution is 6.53. The van der Waals surface area contributed by atoms with Crippen molar-refractivity contribution >= 4 is 40.7 Å². The third-order valence-corrected chi connectivity index (χ3v) is 6.24. The van der Waals surface area contributed by atoms with Crippen molar-refractivity contribution in [1.29, 1.82) is 0 Å². The largest absolute Gasteiger partial charge is 0.350 e. The lowest BCUT2D eigenvalue weighted by atomic mass is 10.1. The lowest BCUT2D eigenvalue weighted by Crippen LogP contribution is -2.33. The molecule has 3 amide bonds. The SMILES string of the molecule is Cc1ccc(N2C(=O)C(Cl)=C(Nc3cccc(C(=O)N4CCCCCC4)c3)C2=O)c(C)c1. The summed E-state index contributed by atoms with van der Waals surface area (Å²) in [6.07, 6.45) is 4.31. The van der Waals surface area contributed by atoms with Gasteiger partial charge < -0.3 is 10.2 Å². The van der Waals surface area contributed by atoms with Gasteiger partial charge in [0.05, 0.1) is 5.69 Å². The van der Waals surface area contributed by atoms with E-state index < -0.39 is 11.8 Å². The van der Waals surface area contributed by atoms with E-state index in [-0.39, 0.29) is 16.6 Å². The van der Waals surface area contributed by atoms with E-state index in [1.807, 2.05) is 30.9 Å². The Morgan fingerprint density at radius 1 is 0.938 bits per heavy atom. The average Bonchev–Trinajstić information content (AvgIpc) is 2.98. The smallest absolute Gasteiger partial charge is 0.283 e. The van der Waals surface area contributed by atoms with Crippen molar-refractivity contribution in [2.45, 2.75) is 39.5 Å². The Balaban J connectivity index is 1.56. The summed E-state index contributed by atoms with van der Waals surface area (Å²) >= 11 is 6.27. The minimum absolute atomic E-state index is 0.0102. The van der Waals surface area contributed by atoms with Crippen LogP contribution in [0.15, 0.2) is 53.2 Å². The van der Waals surface area contributed by atoms with Crippen LogP contribution < -0.4 is 10.2 Å². The second-order valence-corrected chi connectivity index (χ2v) is 8.71. The molecular weight excluding hydrogens is 426 g/mol. The standard InChI is InChI=1S/C25H26ClN3O3/c1-16-10-11-20(17(2)14-16)29-24(31)21(26)22(25(29)32)27-19-9-7-8-18(15-19)23(30)28-12-5-3-4-6-13-28/h7-11,14-15,27H,3-6,12-13H2,1-2H3. The number of nitrogens with zero attached hydrogens (tertiary/aromatic N) is 2. The van der Waals surface area contributed by atoms with Crippen LogP contribution in [0.2, 0.25) is 0 Å². The maximum atomic E-state index is 13.1. The van der Waals surface area contributed by atoms with Crippen LogP contribution in [-0.4, -0.2) is 35.7 Å². The van der Waals surface area contributed by atoms with Gasteiger partial charge in [-0.25, -0.2) is 4.90 Å². The summed E-state index contributed by atoms with van der Waals surface area (Å²) in [6.45, 7) is 5.30. The van der Waals surface area contributed by atoms with Gasteiger partial charge in [-0.15, -0.1) is 0 Å². The third-order valence-electron chi connectivity index (χ3n) is 5.89. The Morgan fingerprint density at radius 2 is 1.66 bits per heavy atom. The van der Waals surface area contributed by atoms with Crippen molar-refractivity contribution in [2.75, 3.05) is 23.3 Å². The second-order valence-electron chi connectivity index (χ2n) is 8.34. The predicted molar refractivity (Wildman–Crippen MR) is 126 cm³/mol. The molecule has 1 saturated heterocycles. The molecule has 7 heteroatoms. The highest BCUT2D eigenvalue weighted by atomic mass is 35.5. The Kier molecular flexibility index (Phi) is 6.33. The van der Waals surface area contributed by atoms with Crippen molar-refractivity contribution in [3.63, 3.8) is 0 Å². The van der Waals surface area contributed by atoms with E-state index in [1.54, 1.807) is 30.3 Å². The summed E-state index contributed by atoms with van der Waals surface area (Å²) in [6, 6.07) is 12.5. The minimum atomic E-state index is -0.567. The molecule has 0 spiro atoms. The van der Waals surface area contributed by atoms with Crippen LogP contribution in [0, 0.1) is 13.8 Å². The van der Waals surface area contributed by atoms with Crippen molar-refractivity contribution in [3.8, 4) is 0 Å². The van der Waals surface area contributed by atoms with Gasteiger partial charge in [0.1, 0.15) is 10.7 Å². The zero-order valence-electron chi connectivity index (χ0n) is 18.3. The van der Waals surface area contributed by atoms with Gasteiger partial charge in [-0.1, -0.05) is 48.2 Å². The molecule has 6 nitrogen and oxygen atoms in total. The lowest BCUT2D eigenvalue weighted by Gasteiger charge is -2.21. The molecule has 0 bridgehead atoms. The fourth-order valence-corrected chi connectivity index (χ4v) is 4.43. The summed E-state index contributed by atoms with van der Waals surface area (Å²) in [4.78, 5) is 41.8. The molecule has 0 aromatic heterocycles. The number of imide groups is 1. The number of carbonyl (C=O) groups excluding carboxylic acids is 3.